The van der Waals surface area contributed by atoms with Gasteiger partial charge < -0.3 is 9.64 Å². The first-order chi connectivity index (χ1) is 8.25. The highest BCUT2D eigenvalue weighted by Crippen LogP contribution is 2.20. The fourth-order valence-corrected chi connectivity index (χ4v) is 2.44. The topological polar surface area (TPSA) is 13.7 Å². The first kappa shape index (κ1) is 12.7. The molecule has 1 aromatic carbocycles. The Morgan fingerprint density at radius 1 is 1.24 bits per heavy atom. The molecule has 0 bridgehead atoms. The Kier molecular flexibility index (Phi) is 4.69. The molecule has 0 atom stereocenters. The Morgan fingerprint density at radius 2 is 2.00 bits per heavy atom. The lowest BCUT2D eigenvalue weighted by atomic mass is 10.1. The molecule has 0 amide bonds. The van der Waals surface area contributed by atoms with Crippen LogP contribution in [0, 0.1) is 6.92 Å². The van der Waals surface area contributed by atoms with E-state index < -0.39 is 0 Å². The van der Waals surface area contributed by atoms with Crippen molar-refractivity contribution in [3.05, 3.63) is 28.8 Å². The van der Waals surface area contributed by atoms with Crippen LogP contribution >= 0.6 is 11.6 Å². The van der Waals surface area contributed by atoms with Crippen LogP contribution in [0.4, 0.5) is 0 Å². The maximum absolute atomic E-state index is 5.98. The largest absolute Gasteiger partial charge is 0.488 e. The van der Waals surface area contributed by atoms with Crippen molar-refractivity contribution < 1.29 is 9.64 Å². The van der Waals surface area contributed by atoms with E-state index in [1.165, 1.54) is 32.4 Å². The van der Waals surface area contributed by atoms with Crippen molar-refractivity contribution in [3.63, 3.8) is 0 Å². The van der Waals surface area contributed by atoms with Gasteiger partial charge in [0.2, 0.25) is 0 Å². The molecule has 0 saturated carbocycles. The van der Waals surface area contributed by atoms with Crippen LogP contribution in [0.25, 0.3) is 0 Å². The third-order valence-electron chi connectivity index (χ3n) is 3.41. The average Bonchev–Trinajstić information content (AvgIpc) is 2.35. The number of hydrogen-bond donors (Lipinski definition) is 1. The Labute approximate surface area is 109 Å². The number of nitrogens with one attached hydrogen (secondary N) is 1. The first-order valence-electron chi connectivity index (χ1n) is 6.48. The van der Waals surface area contributed by atoms with Crippen molar-refractivity contribution in [1.29, 1.82) is 0 Å². The smallest absolute Gasteiger partial charge is 0.137 e. The number of ether oxygens (including phenoxy) is 1. The van der Waals surface area contributed by atoms with Crippen molar-refractivity contribution in [1.82, 2.24) is 0 Å². The third kappa shape index (κ3) is 3.90. The van der Waals surface area contributed by atoms with Crippen LogP contribution in [-0.2, 0) is 0 Å². The SMILES string of the molecule is Cc1cc(OCC[NH+]2CCCCC2)ccc1Cl. The van der Waals surface area contributed by atoms with Crippen molar-refractivity contribution in [2.75, 3.05) is 26.2 Å². The van der Waals surface area contributed by atoms with Gasteiger partial charge in [0.1, 0.15) is 18.9 Å². The molecule has 0 unspecified atom stereocenters. The summed E-state index contributed by atoms with van der Waals surface area (Å²) in [6, 6.07) is 5.86. The Bertz CT molecular complexity index is 361. The predicted octanol–water partition coefficient (Wildman–Crippen LogP) is 2.10. The number of hydrogen-bond acceptors (Lipinski definition) is 1. The van der Waals surface area contributed by atoms with Gasteiger partial charge in [0, 0.05) is 5.02 Å². The van der Waals surface area contributed by atoms with Crippen molar-refractivity contribution in [2.24, 2.45) is 0 Å². The molecule has 94 valence electrons. The zero-order chi connectivity index (χ0) is 12.1. The van der Waals surface area contributed by atoms with E-state index in [4.69, 9.17) is 16.3 Å². The van der Waals surface area contributed by atoms with Crippen LogP contribution in [0.15, 0.2) is 18.2 Å². The highest BCUT2D eigenvalue weighted by atomic mass is 35.5. The fraction of sp³-hybridized carbons (Fsp3) is 0.571. The molecule has 2 nitrogen and oxygen atoms in total. The van der Waals surface area contributed by atoms with Crippen LogP contribution in [0.3, 0.4) is 0 Å². The van der Waals surface area contributed by atoms with Gasteiger partial charge in [-0.25, -0.2) is 0 Å². The van der Waals surface area contributed by atoms with Crippen LogP contribution in [0.2, 0.25) is 5.02 Å². The maximum atomic E-state index is 5.98. The summed E-state index contributed by atoms with van der Waals surface area (Å²) in [5.74, 6) is 0.934. The van der Waals surface area contributed by atoms with Crippen molar-refractivity contribution >= 4 is 11.6 Å². The van der Waals surface area contributed by atoms with E-state index in [-0.39, 0.29) is 0 Å². The Hall–Kier alpha value is -0.730. The highest BCUT2D eigenvalue weighted by molar-refractivity contribution is 6.31. The molecule has 3 heteroatoms. The predicted molar refractivity (Wildman–Crippen MR) is 71.1 cm³/mol. The minimum Gasteiger partial charge on any atom is -0.488 e. The molecule has 1 aromatic rings. The van der Waals surface area contributed by atoms with Crippen LogP contribution < -0.4 is 9.64 Å². The second kappa shape index (κ2) is 6.27. The molecular weight excluding hydrogens is 234 g/mol. The molecule has 2 rings (SSSR count). The minimum atomic E-state index is 0.802. The first-order valence-corrected chi connectivity index (χ1v) is 6.86. The second-order valence-corrected chi connectivity index (χ2v) is 5.23. The molecule has 0 spiro atoms. The fourth-order valence-electron chi connectivity index (χ4n) is 2.32. The number of piperidine rings is 1. The van der Waals surface area contributed by atoms with Crippen LogP contribution in [-0.4, -0.2) is 26.2 Å². The third-order valence-corrected chi connectivity index (χ3v) is 3.84. The van der Waals surface area contributed by atoms with Gasteiger partial charge in [-0.05, 0) is 49.9 Å². The average molecular weight is 255 g/mol. The van der Waals surface area contributed by atoms with Gasteiger partial charge in [0.15, 0.2) is 0 Å². The molecule has 17 heavy (non-hydrogen) atoms. The number of halogens is 1. The molecule has 1 N–H and O–H groups in total. The molecule has 1 aliphatic heterocycles. The summed E-state index contributed by atoms with van der Waals surface area (Å²) in [6.07, 6.45) is 4.14. The Morgan fingerprint density at radius 3 is 2.71 bits per heavy atom. The van der Waals surface area contributed by atoms with E-state index in [2.05, 4.69) is 0 Å². The molecule has 1 fully saturated rings. The zero-order valence-electron chi connectivity index (χ0n) is 10.5. The molecule has 1 heterocycles. The Balaban J connectivity index is 1.75. The van der Waals surface area contributed by atoms with E-state index in [1.807, 2.05) is 25.1 Å². The number of quaternary nitrogens is 1. The lowest BCUT2D eigenvalue weighted by molar-refractivity contribution is -0.904. The summed E-state index contributed by atoms with van der Waals surface area (Å²) >= 11 is 5.98. The zero-order valence-corrected chi connectivity index (χ0v) is 11.2. The van der Waals surface area contributed by atoms with Crippen LogP contribution in [0.1, 0.15) is 24.8 Å². The summed E-state index contributed by atoms with van der Waals surface area (Å²) in [5.41, 5.74) is 1.08. The maximum Gasteiger partial charge on any atom is 0.137 e. The van der Waals surface area contributed by atoms with Gasteiger partial charge in [0.05, 0.1) is 13.1 Å². The summed E-state index contributed by atoms with van der Waals surface area (Å²) < 4.78 is 5.77. The van der Waals surface area contributed by atoms with E-state index in [0.29, 0.717) is 0 Å². The number of benzene rings is 1. The molecule has 1 aliphatic rings. The van der Waals surface area contributed by atoms with Gasteiger partial charge in [0.25, 0.3) is 0 Å². The van der Waals surface area contributed by atoms with Gasteiger partial charge in [-0.2, -0.15) is 0 Å². The molecule has 0 radical (unpaired) electrons. The minimum absolute atomic E-state index is 0.802. The van der Waals surface area contributed by atoms with Gasteiger partial charge in [-0.15, -0.1) is 0 Å². The number of aryl methyl sites for hydroxylation is 1. The van der Waals surface area contributed by atoms with Gasteiger partial charge >= 0.3 is 0 Å². The summed E-state index contributed by atoms with van der Waals surface area (Å²) in [7, 11) is 0. The number of likely N-dealkylation sites (tertiary alicyclic amines) is 1. The van der Waals surface area contributed by atoms with Crippen molar-refractivity contribution in [2.45, 2.75) is 26.2 Å². The molecular formula is C14H21ClNO+. The summed E-state index contributed by atoms with van der Waals surface area (Å²) in [5, 5.41) is 0.805. The summed E-state index contributed by atoms with van der Waals surface area (Å²) in [4.78, 5) is 1.68. The standard InChI is InChI=1S/C14H20ClNO/c1-12-11-13(5-6-14(12)15)17-10-9-16-7-3-2-4-8-16/h5-6,11H,2-4,7-10H2,1H3/p+1. The monoisotopic (exact) mass is 254 g/mol. The van der Waals surface area contributed by atoms with Crippen molar-refractivity contribution in [3.8, 4) is 5.75 Å². The van der Waals surface area contributed by atoms with E-state index in [1.54, 1.807) is 4.90 Å². The van der Waals surface area contributed by atoms with E-state index in [9.17, 15) is 0 Å². The lowest BCUT2D eigenvalue weighted by Crippen LogP contribution is -3.13. The van der Waals surface area contributed by atoms with Crippen LogP contribution in [0.5, 0.6) is 5.75 Å². The molecule has 0 aromatic heterocycles. The molecule has 0 aliphatic carbocycles. The van der Waals surface area contributed by atoms with Gasteiger partial charge in [-0.1, -0.05) is 11.6 Å². The highest BCUT2D eigenvalue weighted by Gasteiger charge is 2.12. The van der Waals surface area contributed by atoms with E-state index >= 15 is 0 Å². The lowest BCUT2D eigenvalue weighted by Gasteiger charge is -2.23. The quantitative estimate of drug-likeness (QED) is 0.869. The normalized spacial score (nSPS) is 17.1. The van der Waals surface area contributed by atoms with E-state index in [0.717, 1.165) is 29.5 Å². The summed E-state index contributed by atoms with van der Waals surface area (Å²) in [6.45, 7) is 6.54. The molecule has 1 saturated heterocycles. The number of rotatable bonds is 4. The van der Waals surface area contributed by atoms with Gasteiger partial charge in [-0.3, -0.25) is 0 Å². The second-order valence-electron chi connectivity index (χ2n) is 4.82.